The number of carbonyl (C=O) groups is 1. The van der Waals surface area contributed by atoms with E-state index in [2.05, 4.69) is 15.9 Å². The van der Waals surface area contributed by atoms with Crippen LogP contribution in [0.1, 0.15) is 22.2 Å². The molecule has 1 unspecified atom stereocenters. The highest BCUT2D eigenvalue weighted by atomic mass is 79.9. The summed E-state index contributed by atoms with van der Waals surface area (Å²) in [4.78, 5) is 12.4. The lowest BCUT2D eigenvalue weighted by Gasteiger charge is -2.04. The zero-order valence-corrected chi connectivity index (χ0v) is 9.48. The predicted octanol–water partition coefficient (Wildman–Crippen LogP) is 2.29. The van der Waals surface area contributed by atoms with Gasteiger partial charge in [0, 0.05) is 20.3 Å². The fourth-order valence-corrected chi connectivity index (χ4v) is 2.52. The number of hydrogen-bond donors (Lipinski definition) is 2. The average Bonchev–Trinajstić information content (AvgIpc) is 2.31. The highest BCUT2D eigenvalue weighted by Crippen LogP contribution is 2.30. The summed E-state index contributed by atoms with van der Waals surface area (Å²) in [6.45, 7) is 1.96. The van der Waals surface area contributed by atoms with Gasteiger partial charge < -0.3 is 10.8 Å². The van der Waals surface area contributed by atoms with Crippen molar-refractivity contribution in [2.45, 2.75) is 19.4 Å². The first-order chi connectivity index (χ1) is 6.00. The fourth-order valence-electron chi connectivity index (χ4n) is 0.953. The monoisotopic (exact) mass is 263 g/mol. The van der Waals surface area contributed by atoms with Crippen LogP contribution in [0.15, 0.2) is 10.5 Å². The molecule has 0 spiro atoms. The van der Waals surface area contributed by atoms with Crippen LogP contribution in [0, 0.1) is 6.92 Å². The predicted molar refractivity (Wildman–Crippen MR) is 55.9 cm³/mol. The van der Waals surface area contributed by atoms with Crippen LogP contribution in [-0.2, 0) is 4.79 Å². The molecule has 0 bridgehead atoms. The van der Waals surface area contributed by atoms with Gasteiger partial charge in [-0.1, -0.05) is 0 Å². The van der Waals surface area contributed by atoms with E-state index in [9.17, 15) is 4.79 Å². The Balaban J connectivity index is 2.77. The molecule has 1 atom stereocenters. The second kappa shape index (κ2) is 4.21. The van der Waals surface area contributed by atoms with E-state index in [1.807, 2.05) is 13.0 Å². The molecule has 3 nitrogen and oxygen atoms in total. The zero-order chi connectivity index (χ0) is 10.0. The summed E-state index contributed by atoms with van der Waals surface area (Å²) in [7, 11) is 0. The first kappa shape index (κ1) is 10.7. The number of hydrogen-bond acceptors (Lipinski definition) is 3. The molecule has 0 saturated carbocycles. The van der Waals surface area contributed by atoms with Crippen LogP contribution in [0.5, 0.6) is 0 Å². The number of thiophene rings is 1. The van der Waals surface area contributed by atoms with Gasteiger partial charge in [0.05, 0.1) is 6.42 Å². The van der Waals surface area contributed by atoms with Gasteiger partial charge in [-0.3, -0.25) is 4.79 Å². The first-order valence-electron chi connectivity index (χ1n) is 3.74. The molecule has 1 heterocycles. The number of halogens is 1. The summed E-state index contributed by atoms with van der Waals surface area (Å²) < 4.78 is 0.994. The quantitative estimate of drug-likeness (QED) is 0.880. The maximum Gasteiger partial charge on any atom is 0.305 e. The van der Waals surface area contributed by atoms with Crippen LogP contribution in [0.2, 0.25) is 0 Å². The molecule has 13 heavy (non-hydrogen) atoms. The number of carboxylic acid groups (broad SMARTS) is 1. The first-order valence-corrected chi connectivity index (χ1v) is 5.35. The van der Waals surface area contributed by atoms with Crippen molar-refractivity contribution in [1.29, 1.82) is 0 Å². The van der Waals surface area contributed by atoms with E-state index in [4.69, 9.17) is 10.8 Å². The van der Waals surface area contributed by atoms with Gasteiger partial charge in [0.15, 0.2) is 0 Å². The number of aryl methyl sites for hydroxylation is 1. The van der Waals surface area contributed by atoms with E-state index < -0.39 is 12.0 Å². The van der Waals surface area contributed by atoms with Crippen molar-refractivity contribution in [1.82, 2.24) is 0 Å². The summed E-state index contributed by atoms with van der Waals surface area (Å²) in [6, 6.07) is 1.49. The lowest BCUT2D eigenvalue weighted by molar-refractivity contribution is -0.137. The minimum absolute atomic E-state index is 0.0214. The topological polar surface area (TPSA) is 63.3 Å². The minimum atomic E-state index is -0.866. The van der Waals surface area contributed by atoms with Gasteiger partial charge in [0.2, 0.25) is 0 Å². The van der Waals surface area contributed by atoms with Gasteiger partial charge in [0.25, 0.3) is 0 Å². The molecule has 72 valence electrons. The lowest BCUT2D eigenvalue weighted by Crippen LogP contribution is -2.13. The third-order valence-corrected chi connectivity index (χ3v) is 3.90. The van der Waals surface area contributed by atoms with Crippen molar-refractivity contribution in [2.75, 3.05) is 0 Å². The SMILES string of the molecule is Cc1sc(C(N)CC(=O)O)cc1Br. The third-order valence-electron chi connectivity index (χ3n) is 1.64. The molecule has 0 amide bonds. The van der Waals surface area contributed by atoms with E-state index in [0.29, 0.717) is 0 Å². The molecule has 3 N–H and O–H groups in total. The zero-order valence-electron chi connectivity index (χ0n) is 7.08. The molecule has 5 heteroatoms. The molecule has 0 aliphatic rings. The summed E-state index contributed by atoms with van der Waals surface area (Å²) in [5, 5.41) is 8.53. The maximum atomic E-state index is 10.4. The Morgan fingerprint density at radius 1 is 1.85 bits per heavy atom. The molecule has 0 aromatic carbocycles. The van der Waals surface area contributed by atoms with Crippen LogP contribution in [-0.4, -0.2) is 11.1 Å². The van der Waals surface area contributed by atoms with Gasteiger partial charge in [-0.2, -0.15) is 0 Å². The molecule has 0 radical (unpaired) electrons. The average molecular weight is 264 g/mol. The Morgan fingerprint density at radius 3 is 2.85 bits per heavy atom. The van der Waals surface area contributed by atoms with Crippen LogP contribution in [0.25, 0.3) is 0 Å². The van der Waals surface area contributed by atoms with Crippen molar-refractivity contribution < 1.29 is 9.90 Å². The van der Waals surface area contributed by atoms with Gasteiger partial charge in [-0.25, -0.2) is 0 Å². The van der Waals surface area contributed by atoms with Crippen molar-refractivity contribution in [3.63, 3.8) is 0 Å². The van der Waals surface area contributed by atoms with E-state index in [-0.39, 0.29) is 6.42 Å². The van der Waals surface area contributed by atoms with Crippen LogP contribution >= 0.6 is 27.3 Å². The molecule has 0 aliphatic heterocycles. The van der Waals surface area contributed by atoms with E-state index in [1.165, 1.54) is 11.3 Å². The Bertz CT molecular complexity index is 304. The summed E-state index contributed by atoms with van der Waals surface area (Å²) in [5.41, 5.74) is 5.69. The standard InChI is InChI=1S/C8H10BrNO2S/c1-4-5(9)2-7(13-4)6(10)3-8(11)12/h2,6H,3,10H2,1H3,(H,11,12). The van der Waals surface area contributed by atoms with E-state index >= 15 is 0 Å². The number of rotatable bonds is 3. The minimum Gasteiger partial charge on any atom is -0.481 e. The van der Waals surface area contributed by atoms with Gasteiger partial charge in [0.1, 0.15) is 0 Å². The fraction of sp³-hybridized carbons (Fsp3) is 0.375. The Hall–Kier alpha value is -0.390. The molecule has 0 saturated heterocycles. The molecule has 0 aliphatic carbocycles. The molecule has 0 fully saturated rings. The van der Waals surface area contributed by atoms with Gasteiger partial charge in [-0.15, -0.1) is 11.3 Å². The molecule has 1 aromatic heterocycles. The number of aliphatic carboxylic acids is 1. The number of carboxylic acids is 1. The smallest absolute Gasteiger partial charge is 0.305 e. The van der Waals surface area contributed by atoms with Crippen molar-refractivity contribution in [3.05, 3.63) is 20.3 Å². The highest BCUT2D eigenvalue weighted by molar-refractivity contribution is 9.10. The largest absolute Gasteiger partial charge is 0.481 e. The van der Waals surface area contributed by atoms with E-state index in [0.717, 1.165) is 14.2 Å². The van der Waals surface area contributed by atoms with Crippen LogP contribution in [0.3, 0.4) is 0 Å². The third kappa shape index (κ3) is 2.79. The van der Waals surface area contributed by atoms with Crippen LogP contribution in [0.4, 0.5) is 0 Å². The molecular formula is C8H10BrNO2S. The van der Waals surface area contributed by atoms with E-state index in [1.54, 1.807) is 0 Å². The summed E-state index contributed by atoms with van der Waals surface area (Å²) in [6.07, 6.45) is -0.0214. The summed E-state index contributed by atoms with van der Waals surface area (Å²) >= 11 is 4.89. The second-order valence-electron chi connectivity index (χ2n) is 2.76. The lowest BCUT2D eigenvalue weighted by atomic mass is 10.2. The van der Waals surface area contributed by atoms with Crippen LogP contribution < -0.4 is 5.73 Å². The second-order valence-corrected chi connectivity index (χ2v) is 4.90. The van der Waals surface area contributed by atoms with Gasteiger partial charge >= 0.3 is 5.97 Å². The van der Waals surface area contributed by atoms with Crippen molar-refractivity contribution >= 4 is 33.2 Å². The molecular weight excluding hydrogens is 254 g/mol. The number of nitrogens with two attached hydrogens (primary N) is 1. The molecule has 1 aromatic rings. The van der Waals surface area contributed by atoms with Gasteiger partial charge in [-0.05, 0) is 28.9 Å². The Morgan fingerprint density at radius 2 is 2.46 bits per heavy atom. The Labute approximate surface area is 88.7 Å². The van der Waals surface area contributed by atoms with Crippen molar-refractivity contribution in [3.8, 4) is 0 Å². The highest BCUT2D eigenvalue weighted by Gasteiger charge is 2.13. The summed E-state index contributed by atoms with van der Waals surface area (Å²) in [5.74, 6) is -0.866. The van der Waals surface area contributed by atoms with Crippen molar-refractivity contribution in [2.24, 2.45) is 5.73 Å². The maximum absolute atomic E-state index is 10.4. The Kier molecular flexibility index (Phi) is 3.47. The molecule has 1 rings (SSSR count). The normalized spacial score (nSPS) is 12.8.